The minimum Gasteiger partial charge on any atom is -0.496 e. The second kappa shape index (κ2) is 5.43. The van der Waals surface area contributed by atoms with Crippen LogP contribution in [0.15, 0.2) is 28.1 Å². The summed E-state index contributed by atoms with van der Waals surface area (Å²) in [6, 6.07) is 6.04. The summed E-state index contributed by atoms with van der Waals surface area (Å²) in [5.41, 5.74) is 9.80. The van der Waals surface area contributed by atoms with Gasteiger partial charge in [0.2, 0.25) is 0 Å². The molecule has 1 unspecified atom stereocenters. The first kappa shape index (κ1) is 13.6. The molecule has 0 amide bonds. The molecule has 2 aromatic rings. The number of thiophene rings is 1. The van der Waals surface area contributed by atoms with Crippen molar-refractivity contribution in [2.45, 2.75) is 19.9 Å². The Morgan fingerprint density at radius 3 is 2.61 bits per heavy atom. The lowest BCUT2D eigenvalue weighted by Crippen LogP contribution is -2.14. The average Bonchev–Trinajstić information content (AvgIpc) is 2.73. The molecule has 0 radical (unpaired) electrons. The third-order valence-electron chi connectivity index (χ3n) is 2.95. The van der Waals surface area contributed by atoms with Crippen LogP contribution in [0.5, 0.6) is 5.75 Å². The van der Waals surface area contributed by atoms with Crippen LogP contribution in [0.1, 0.15) is 27.6 Å². The molecule has 1 heterocycles. The molecule has 0 aliphatic carbocycles. The predicted octanol–water partition coefficient (Wildman–Crippen LogP) is 4.18. The van der Waals surface area contributed by atoms with Crippen molar-refractivity contribution in [2.75, 3.05) is 7.11 Å². The summed E-state index contributed by atoms with van der Waals surface area (Å²) in [6.45, 7) is 4.14. The number of ether oxygens (including phenoxy) is 1. The Bertz CT molecular complexity index is 565. The molecule has 18 heavy (non-hydrogen) atoms. The lowest BCUT2D eigenvalue weighted by atomic mass is 9.97. The SMILES string of the molecule is COc1cc(C)cc(C)c1C(N)c1sccc1Br. The van der Waals surface area contributed by atoms with Gasteiger partial charge >= 0.3 is 0 Å². The number of nitrogens with two attached hydrogens (primary N) is 1. The number of halogens is 1. The number of methoxy groups -OCH3 is 1. The molecule has 1 aromatic heterocycles. The second-order valence-corrected chi connectivity index (χ2v) is 6.11. The lowest BCUT2D eigenvalue weighted by molar-refractivity contribution is 0.407. The molecule has 0 saturated carbocycles. The van der Waals surface area contributed by atoms with Gasteiger partial charge in [0.25, 0.3) is 0 Å². The van der Waals surface area contributed by atoms with E-state index in [1.807, 2.05) is 17.5 Å². The van der Waals surface area contributed by atoms with Gasteiger partial charge in [-0.15, -0.1) is 11.3 Å². The highest BCUT2D eigenvalue weighted by atomic mass is 79.9. The smallest absolute Gasteiger partial charge is 0.124 e. The zero-order valence-corrected chi connectivity index (χ0v) is 13.1. The zero-order valence-electron chi connectivity index (χ0n) is 10.7. The second-order valence-electron chi connectivity index (χ2n) is 4.31. The maximum atomic E-state index is 6.39. The van der Waals surface area contributed by atoms with Crippen LogP contribution in [-0.4, -0.2) is 7.11 Å². The third-order valence-corrected chi connectivity index (χ3v) is 4.91. The Balaban J connectivity index is 2.54. The summed E-state index contributed by atoms with van der Waals surface area (Å²) in [5.74, 6) is 0.861. The van der Waals surface area contributed by atoms with E-state index in [2.05, 4.69) is 35.8 Å². The Labute approximate surface area is 120 Å². The van der Waals surface area contributed by atoms with Crippen molar-refractivity contribution in [3.05, 3.63) is 49.6 Å². The molecular formula is C14H16BrNOS. The van der Waals surface area contributed by atoms with Gasteiger partial charge in [-0.2, -0.15) is 0 Å². The minimum absolute atomic E-state index is 0.157. The molecule has 0 saturated heterocycles. The summed E-state index contributed by atoms with van der Waals surface area (Å²) in [7, 11) is 1.69. The number of hydrogen-bond donors (Lipinski definition) is 1. The highest BCUT2D eigenvalue weighted by Crippen LogP contribution is 2.37. The molecule has 2 nitrogen and oxygen atoms in total. The van der Waals surface area contributed by atoms with Crippen LogP contribution < -0.4 is 10.5 Å². The molecule has 0 spiro atoms. The highest BCUT2D eigenvalue weighted by molar-refractivity contribution is 9.10. The molecular weight excluding hydrogens is 310 g/mol. The van der Waals surface area contributed by atoms with E-state index in [0.29, 0.717) is 0 Å². The fourth-order valence-electron chi connectivity index (χ4n) is 2.17. The summed E-state index contributed by atoms with van der Waals surface area (Å²) < 4.78 is 6.53. The van der Waals surface area contributed by atoms with E-state index in [1.54, 1.807) is 18.4 Å². The Morgan fingerprint density at radius 1 is 1.33 bits per heavy atom. The van der Waals surface area contributed by atoms with Crippen molar-refractivity contribution in [3.8, 4) is 5.75 Å². The van der Waals surface area contributed by atoms with Crippen molar-refractivity contribution in [1.29, 1.82) is 0 Å². The quantitative estimate of drug-likeness (QED) is 0.918. The van der Waals surface area contributed by atoms with Gasteiger partial charge < -0.3 is 10.5 Å². The molecule has 2 rings (SSSR count). The van der Waals surface area contributed by atoms with E-state index >= 15 is 0 Å². The average molecular weight is 326 g/mol. The lowest BCUT2D eigenvalue weighted by Gasteiger charge is -2.18. The van der Waals surface area contributed by atoms with Gasteiger partial charge in [0, 0.05) is 14.9 Å². The first-order valence-electron chi connectivity index (χ1n) is 5.68. The summed E-state index contributed by atoms with van der Waals surface area (Å²) in [6.07, 6.45) is 0. The first-order valence-corrected chi connectivity index (χ1v) is 7.35. The molecule has 0 aliphatic heterocycles. The van der Waals surface area contributed by atoms with E-state index in [9.17, 15) is 0 Å². The van der Waals surface area contributed by atoms with Crippen molar-refractivity contribution in [2.24, 2.45) is 5.73 Å². The summed E-state index contributed by atoms with van der Waals surface area (Å²) >= 11 is 5.20. The van der Waals surface area contributed by atoms with Crippen LogP contribution in [0.25, 0.3) is 0 Å². The van der Waals surface area contributed by atoms with Gasteiger partial charge in [0.05, 0.1) is 13.2 Å². The number of hydrogen-bond acceptors (Lipinski definition) is 3. The summed E-state index contributed by atoms with van der Waals surface area (Å²) in [4.78, 5) is 1.13. The van der Waals surface area contributed by atoms with Crippen molar-refractivity contribution in [1.82, 2.24) is 0 Å². The molecule has 0 bridgehead atoms. The van der Waals surface area contributed by atoms with Crippen LogP contribution >= 0.6 is 27.3 Å². The maximum absolute atomic E-state index is 6.39. The summed E-state index contributed by atoms with van der Waals surface area (Å²) in [5, 5.41) is 2.04. The highest BCUT2D eigenvalue weighted by Gasteiger charge is 2.20. The largest absolute Gasteiger partial charge is 0.496 e. The standard InChI is InChI=1S/C14H16BrNOS/c1-8-6-9(2)12(11(7-8)17-3)13(16)14-10(15)4-5-18-14/h4-7,13H,16H2,1-3H3. The van der Waals surface area contributed by atoms with Crippen LogP contribution in [0.4, 0.5) is 0 Å². The van der Waals surface area contributed by atoms with Crippen LogP contribution in [-0.2, 0) is 0 Å². The fourth-order valence-corrected chi connectivity index (χ4v) is 3.80. The monoisotopic (exact) mass is 325 g/mol. The van der Waals surface area contributed by atoms with Crippen LogP contribution in [0.2, 0.25) is 0 Å². The fraction of sp³-hybridized carbons (Fsp3) is 0.286. The predicted molar refractivity (Wildman–Crippen MR) is 80.5 cm³/mol. The number of aryl methyl sites for hydroxylation is 2. The van der Waals surface area contributed by atoms with E-state index in [0.717, 1.165) is 20.7 Å². The van der Waals surface area contributed by atoms with E-state index in [-0.39, 0.29) is 6.04 Å². The van der Waals surface area contributed by atoms with E-state index in [4.69, 9.17) is 10.5 Å². The normalized spacial score (nSPS) is 12.5. The van der Waals surface area contributed by atoms with E-state index in [1.165, 1.54) is 11.1 Å². The molecule has 0 fully saturated rings. The van der Waals surface area contributed by atoms with Gasteiger partial charge in [-0.05, 0) is 58.4 Å². The molecule has 1 aromatic carbocycles. The topological polar surface area (TPSA) is 35.2 Å². The van der Waals surface area contributed by atoms with Crippen LogP contribution in [0, 0.1) is 13.8 Å². The Kier molecular flexibility index (Phi) is 4.10. The molecule has 1 atom stereocenters. The molecule has 2 N–H and O–H groups in total. The Hall–Kier alpha value is -0.840. The Morgan fingerprint density at radius 2 is 2.06 bits per heavy atom. The number of rotatable bonds is 3. The van der Waals surface area contributed by atoms with Gasteiger partial charge in [0.1, 0.15) is 5.75 Å². The van der Waals surface area contributed by atoms with Gasteiger partial charge in [-0.3, -0.25) is 0 Å². The number of benzene rings is 1. The minimum atomic E-state index is -0.157. The van der Waals surface area contributed by atoms with Crippen molar-refractivity contribution >= 4 is 27.3 Å². The van der Waals surface area contributed by atoms with Gasteiger partial charge in [-0.25, -0.2) is 0 Å². The van der Waals surface area contributed by atoms with Crippen LogP contribution in [0.3, 0.4) is 0 Å². The molecule has 96 valence electrons. The van der Waals surface area contributed by atoms with Crippen molar-refractivity contribution < 1.29 is 4.74 Å². The molecule has 0 aliphatic rings. The first-order chi connectivity index (χ1) is 8.54. The molecule has 4 heteroatoms. The van der Waals surface area contributed by atoms with Gasteiger partial charge in [-0.1, -0.05) is 6.07 Å². The van der Waals surface area contributed by atoms with E-state index < -0.39 is 0 Å². The maximum Gasteiger partial charge on any atom is 0.124 e. The zero-order chi connectivity index (χ0) is 13.3. The van der Waals surface area contributed by atoms with Crippen molar-refractivity contribution in [3.63, 3.8) is 0 Å². The third kappa shape index (κ3) is 2.46. The van der Waals surface area contributed by atoms with Gasteiger partial charge in [0.15, 0.2) is 0 Å².